The van der Waals surface area contributed by atoms with Crippen LogP contribution in [0.25, 0.3) is 10.9 Å². The molecule has 6 N–H and O–H groups in total. The SMILES string of the molecule is CN(C)C/C=C/C(=O)Nc1cc2c(Nc3ccc(F)c(Cl)c3)ncnc2cc1OC1CCOC1.O=C(O)C=CC(=O)O.O=C(O)C=CC(=O)O. The fourth-order valence-corrected chi connectivity index (χ4v) is 3.89. The van der Waals surface area contributed by atoms with E-state index in [0.29, 0.717) is 77.9 Å². The number of rotatable bonds is 12. The highest BCUT2D eigenvalue weighted by Gasteiger charge is 2.21. The third-order valence-electron chi connectivity index (χ3n) is 5.84. The summed E-state index contributed by atoms with van der Waals surface area (Å²) in [6.45, 7) is 1.75. The van der Waals surface area contributed by atoms with Crippen molar-refractivity contribution < 1.29 is 58.3 Å². The van der Waals surface area contributed by atoms with Crippen molar-refractivity contribution in [2.75, 3.05) is 44.5 Å². The molecule has 1 aliphatic rings. The summed E-state index contributed by atoms with van der Waals surface area (Å²) in [4.78, 5) is 61.4. The van der Waals surface area contributed by atoms with Crippen molar-refractivity contribution in [3.8, 4) is 5.75 Å². The van der Waals surface area contributed by atoms with Crippen molar-refractivity contribution >= 4 is 69.5 Å². The molecule has 2 heterocycles. The molecule has 50 heavy (non-hydrogen) atoms. The van der Waals surface area contributed by atoms with E-state index in [9.17, 15) is 28.4 Å². The average Bonchev–Trinajstić information content (AvgIpc) is 3.55. The molecule has 1 aliphatic heterocycles. The van der Waals surface area contributed by atoms with Gasteiger partial charge in [0.25, 0.3) is 0 Å². The predicted molar refractivity (Wildman–Crippen MR) is 179 cm³/mol. The molecule has 1 unspecified atom stereocenters. The Labute approximate surface area is 289 Å². The standard InChI is InChI=1S/C24H25ClFN5O3.2C4H4O4/c1-31(2)8-3-4-23(32)30-21-11-17-20(12-22(21)34-16-7-9-33-13-16)27-14-28-24(17)29-15-5-6-19(26)18(25)10-15;2*5-3(6)1-2-4(7)8/h3-6,10-12,14,16H,7-9,13H2,1-2H3,(H,30,32)(H,27,28,29);2*1-2H,(H,5,6)(H,7,8)/b4-3+;;. The van der Waals surface area contributed by atoms with Crippen LogP contribution in [-0.4, -0.2) is 105 Å². The van der Waals surface area contributed by atoms with E-state index in [2.05, 4.69) is 20.6 Å². The van der Waals surface area contributed by atoms with Crippen LogP contribution in [0.1, 0.15) is 6.42 Å². The van der Waals surface area contributed by atoms with Gasteiger partial charge in [0.1, 0.15) is 29.8 Å². The largest absolute Gasteiger partial charge is 0.486 e. The normalized spacial score (nSPS) is 13.8. The number of benzene rings is 2. The summed E-state index contributed by atoms with van der Waals surface area (Å²) in [5.74, 6) is -4.86. The van der Waals surface area contributed by atoms with Gasteiger partial charge in [-0.15, -0.1) is 0 Å². The Kier molecular flexibility index (Phi) is 16.5. The molecule has 1 amide bonds. The lowest BCUT2D eigenvalue weighted by molar-refractivity contribution is -0.134. The minimum atomic E-state index is -1.26. The maximum absolute atomic E-state index is 13.6. The molecule has 0 spiro atoms. The van der Waals surface area contributed by atoms with E-state index in [1.54, 1.807) is 24.3 Å². The first kappa shape index (κ1) is 40.3. The number of carboxylic acid groups (broad SMARTS) is 4. The summed E-state index contributed by atoms with van der Waals surface area (Å²) >= 11 is 5.91. The van der Waals surface area contributed by atoms with Crippen LogP contribution < -0.4 is 15.4 Å². The molecule has 1 aromatic heterocycles. The van der Waals surface area contributed by atoms with Crippen molar-refractivity contribution in [2.45, 2.75) is 12.5 Å². The number of nitrogens with one attached hydrogen (secondary N) is 2. The predicted octanol–water partition coefficient (Wildman–Crippen LogP) is 3.81. The molecular formula is C32H33ClFN5O11. The summed E-state index contributed by atoms with van der Waals surface area (Å²) in [6.07, 6.45) is 7.55. The van der Waals surface area contributed by atoms with E-state index in [1.165, 1.54) is 24.5 Å². The van der Waals surface area contributed by atoms with Gasteiger partial charge in [-0.05, 0) is 38.4 Å². The fraction of sp³-hybridized carbons (Fsp3) is 0.219. The molecule has 1 atom stereocenters. The summed E-state index contributed by atoms with van der Waals surface area (Å²) in [5, 5.41) is 37.9. The molecule has 266 valence electrons. The van der Waals surface area contributed by atoms with Gasteiger partial charge in [0.15, 0.2) is 0 Å². The molecule has 4 rings (SSSR count). The quantitative estimate of drug-likeness (QED) is 0.146. The summed E-state index contributed by atoms with van der Waals surface area (Å²) in [6, 6.07) is 7.82. The van der Waals surface area contributed by atoms with E-state index >= 15 is 0 Å². The molecule has 1 saturated heterocycles. The number of amides is 1. The second-order valence-corrected chi connectivity index (χ2v) is 10.5. The van der Waals surface area contributed by atoms with Gasteiger partial charge in [-0.2, -0.15) is 0 Å². The Morgan fingerprint density at radius 1 is 0.960 bits per heavy atom. The number of nitrogens with zero attached hydrogens (tertiary/aromatic N) is 3. The second-order valence-electron chi connectivity index (χ2n) is 10.1. The maximum Gasteiger partial charge on any atom is 0.328 e. The number of likely N-dealkylation sites (N-methyl/N-ethyl adjacent to an activating group) is 1. The van der Waals surface area contributed by atoms with E-state index in [0.717, 1.165) is 6.42 Å². The number of hydrogen-bond acceptors (Lipinski definition) is 11. The molecule has 3 aromatic rings. The van der Waals surface area contributed by atoms with Crippen molar-refractivity contribution in [3.05, 3.63) is 84.0 Å². The van der Waals surface area contributed by atoms with Gasteiger partial charge in [0.2, 0.25) is 5.91 Å². The Hall–Kier alpha value is -5.91. The number of aromatic nitrogens is 2. The van der Waals surface area contributed by atoms with Crippen molar-refractivity contribution in [1.82, 2.24) is 14.9 Å². The number of ether oxygens (including phenoxy) is 2. The topological polar surface area (TPSA) is 238 Å². The minimum absolute atomic E-state index is 0.00436. The molecule has 0 saturated carbocycles. The first-order chi connectivity index (χ1) is 23.6. The first-order valence-corrected chi connectivity index (χ1v) is 14.7. The molecular weight excluding hydrogens is 685 g/mol. The maximum atomic E-state index is 13.6. The molecule has 0 aliphatic carbocycles. The molecule has 0 radical (unpaired) electrons. The number of anilines is 3. The zero-order chi connectivity index (χ0) is 37.2. The zero-order valence-corrected chi connectivity index (χ0v) is 27.3. The highest BCUT2D eigenvalue weighted by atomic mass is 35.5. The van der Waals surface area contributed by atoms with Crippen LogP contribution in [0.4, 0.5) is 21.6 Å². The van der Waals surface area contributed by atoms with Gasteiger partial charge in [-0.25, -0.2) is 33.5 Å². The van der Waals surface area contributed by atoms with Crippen LogP contribution in [0.5, 0.6) is 5.75 Å². The molecule has 2 aromatic carbocycles. The van der Waals surface area contributed by atoms with Crippen LogP contribution in [-0.2, 0) is 28.7 Å². The molecule has 1 fully saturated rings. The summed E-state index contributed by atoms with van der Waals surface area (Å²) in [5.41, 5.74) is 1.65. The fourth-order valence-electron chi connectivity index (χ4n) is 3.70. The average molecular weight is 718 g/mol. The van der Waals surface area contributed by atoms with Gasteiger partial charge in [0, 0.05) is 60.5 Å². The lowest BCUT2D eigenvalue weighted by Gasteiger charge is -2.17. The zero-order valence-electron chi connectivity index (χ0n) is 26.6. The third-order valence-corrected chi connectivity index (χ3v) is 6.12. The van der Waals surface area contributed by atoms with Crippen LogP contribution in [0, 0.1) is 5.82 Å². The van der Waals surface area contributed by atoms with E-state index in [1.807, 2.05) is 19.0 Å². The van der Waals surface area contributed by atoms with Crippen LogP contribution >= 0.6 is 11.6 Å². The monoisotopic (exact) mass is 717 g/mol. The first-order valence-electron chi connectivity index (χ1n) is 14.3. The Balaban J connectivity index is 0.000000450. The van der Waals surface area contributed by atoms with Gasteiger partial charge in [-0.1, -0.05) is 17.7 Å². The van der Waals surface area contributed by atoms with Crippen LogP contribution in [0.15, 0.2) is 73.1 Å². The number of aliphatic carboxylic acids is 4. The van der Waals surface area contributed by atoms with Crippen LogP contribution in [0.2, 0.25) is 5.02 Å². The summed E-state index contributed by atoms with van der Waals surface area (Å²) in [7, 11) is 3.84. The van der Waals surface area contributed by atoms with Crippen molar-refractivity contribution in [2.24, 2.45) is 0 Å². The lowest BCUT2D eigenvalue weighted by Crippen LogP contribution is -2.18. The lowest BCUT2D eigenvalue weighted by atomic mass is 10.1. The number of halogens is 2. The number of fused-ring (bicyclic) bond motifs is 1. The third kappa shape index (κ3) is 15.3. The van der Waals surface area contributed by atoms with Gasteiger partial charge in [-0.3, -0.25) is 4.79 Å². The summed E-state index contributed by atoms with van der Waals surface area (Å²) < 4.78 is 25.1. The smallest absolute Gasteiger partial charge is 0.328 e. The van der Waals surface area contributed by atoms with Gasteiger partial charge in [0.05, 0.1) is 29.4 Å². The van der Waals surface area contributed by atoms with Gasteiger partial charge < -0.3 is 45.4 Å². The molecule has 18 heteroatoms. The van der Waals surface area contributed by atoms with E-state index < -0.39 is 29.7 Å². The highest BCUT2D eigenvalue weighted by Crippen LogP contribution is 2.35. The molecule has 0 bridgehead atoms. The van der Waals surface area contributed by atoms with Gasteiger partial charge >= 0.3 is 23.9 Å². The van der Waals surface area contributed by atoms with E-state index in [-0.39, 0.29) is 17.0 Å². The number of hydrogen-bond donors (Lipinski definition) is 6. The number of carbonyl (C=O) groups excluding carboxylic acids is 1. The number of carboxylic acids is 4. The Morgan fingerprint density at radius 3 is 2.10 bits per heavy atom. The number of carbonyl (C=O) groups is 5. The van der Waals surface area contributed by atoms with E-state index in [4.69, 9.17) is 41.5 Å². The van der Waals surface area contributed by atoms with Crippen LogP contribution in [0.3, 0.4) is 0 Å². The highest BCUT2D eigenvalue weighted by molar-refractivity contribution is 6.31. The van der Waals surface area contributed by atoms with Crippen molar-refractivity contribution in [3.63, 3.8) is 0 Å². The minimum Gasteiger partial charge on any atom is -0.486 e. The second kappa shape index (κ2) is 20.5. The Bertz CT molecular complexity index is 1710. The van der Waals surface area contributed by atoms with Crippen molar-refractivity contribution in [1.29, 1.82) is 0 Å². The molecule has 16 nitrogen and oxygen atoms in total. The Morgan fingerprint density at radius 2 is 1.58 bits per heavy atom.